The molecule has 1 N–H and O–H groups in total. The van der Waals surface area contributed by atoms with E-state index in [2.05, 4.69) is 22.6 Å². The number of nitrogens with zero attached hydrogens (tertiary/aromatic N) is 1. The highest BCUT2D eigenvalue weighted by molar-refractivity contribution is 7.09. The van der Waals surface area contributed by atoms with Crippen LogP contribution in [0.4, 0.5) is 0 Å². The van der Waals surface area contributed by atoms with E-state index < -0.39 is 0 Å². The Morgan fingerprint density at radius 2 is 2.56 bits per heavy atom. The lowest BCUT2D eigenvalue weighted by molar-refractivity contribution is 0.0238. The summed E-state index contributed by atoms with van der Waals surface area (Å²) in [4.78, 5) is 4.56. The van der Waals surface area contributed by atoms with Crippen LogP contribution in [0.1, 0.15) is 36.9 Å². The van der Waals surface area contributed by atoms with Gasteiger partial charge < -0.3 is 10.1 Å². The molecule has 2 heterocycles. The molecule has 0 amide bonds. The lowest BCUT2D eigenvalue weighted by Crippen LogP contribution is -2.35. The van der Waals surface area contributed by atoms with Gasteiger partial charge in [-0.25, -0.2) is 4.98 Å². The van der Waals surface area contributed by atoms with Crippen LogP contribution >= 0.6 is 11.3 Å². The van der Waals surface area contributed by atoms with E-state index in [0.717, 1.165) is 25.2 Å². The number of hydrogen-bond acceptors (Lipinski definition) is 4. The summed E-state index contributed by atoms with van der Waals surface area (Å²) in [6.45, 7) is 4.99. The topological polar surface area (TPSA) is 34.1 Å². The van der Waals surface area contributed by atoms with Gasteiger partial charge in [-0.05, 0) is 32.2 Å². The second kappa shape index (κ2) is 6.33. The molecule has 0 bridgehead atoms. The first-order valence-corrected chi connectivity index (χ1v) is 7.02. The summed E-state index contributed by atoms with van der Waals surface area (Å²) in [5.41, 5.74) is 1.10. The SMILES string of the molecule is CCCc1nc(COC2CCCNC2)cs1. The zero-order valence-corrected chi connectivity index (χ0v) is 10.7. The predicted octanol–water partition coefficient (Wildman–Crippen LogP) is 2.36. The van der Waals surface area contributed by atoms with Crippen LogP contribution in [0.5, 0.6) is 0 Å². The van der Waals surface area contributed by atoms with Gasteiger partial charge in [0, 0.05) is 11.9 Å². The average Bonchev–Trinajstić information content (AvgIpc) is 2.76. The van der Waals surface area contributed by atoms with Crippen molar-refractivity contribution in [3.05, 3.63) is 16.1 Å². The number of nitrogens with one attached hydrogen (secondary N) is 1. The van der Waals surface area contributed by atoms with E-state index in [1.54, 1.807) is 11.3 Å². The highest BCUT2D eigenvalue weighted by Crippen LogP contribution is 2.14. The number of aromatic nitrogens is 1. The molecule has 1 saturated heterocycles. The summed E-state index contributed by atoms with van der Waals surface area (Å²) in [6.07, 6.45) is 5.04. The zero-order chi connectivity index (χ0) is 11.2. The van der Waals surface area contributed by atoms with Crippen LogP contribution in [0.3, 0.4) is 0 Å². The monoisotopic (exact) mass is 240 g/mol. The number of thiazole rings is 1. The van der Waals surface area contributed by atoms with Gasteiger partial charge in [-0.2, -0.15) is 0 Å². The summed E-state index contributed by atoms with van der Waals surface area (Å²) in [5, 5.41) is 6.72. The van der Waals surface area contributed by atoms with Crippen molar-refractivity contribution < 1.29 is 4.74 Å². The van der Waals surface area contributed by atoms with Crippen molar-refractivity contribution in [1.29, 1.82) is 0 Å². The van der Waals surface area contributed by atoms with Gasteiger partial charge >= 0.3 is 0 Å². The van der Waals surface area contributed by atoms with E-state index in [1.165, 1.54) is 24.3 Å². The second-order valence-corrected chi connectivity index (χ2v) is 5.20. The Labute approximate surface area is 101 Å². The minimum Gasteiger partial charge on any atom is -0.371 e. The Kier molecular flexibility index (Phi) is 4.75. The fourth-order valence-corrected chi connectivity index (χ4v) is 2.79. The molecule has 1 fully saturated rings. The molecule has 1 aromatic rings. The quantitative estimate of drug-likeness (QED) is 0.858. The lowest BCUT2D eigenvalue weighted by Gasteiger charge is -2.22. The summed E-state index contributed by atoms with van der Waals surface area (Å²) in [5.74, 6) is 0. The molecule has 90 valence electrons. The highest BCUT2D eigenvalue weighted by atomic mass is 32.1. The molecule has 1 unspecified atom stereocenters. The predicted molar refractivity (Wildman–Crippen MR) is 66.8 cm³/mol. The largest absolute Gasteiger partial charge is 0.371 e. The number of rotatable bonds is 5. The standard InChI is InChI=1S/C12H20N2OS/c1-2-4-12-14-10(9-16-12)8-15-11-5-3-6-13-7-11/h9,11,13H,2-8H2,1H3. The minimum atomic E-state index is 0.380. The summed E-state index contributed by atoms with van der Waals surface area (Å²) >= 11 is 1.75. The molecular formula is C12H20N2OS. The van der Waals surface area contributed by atoms with Crippen molar-refractivity contribution in [2.45, 2.75) is 45.3 Å². The van der Waals surface area contributed by atoms with Gasteiger partial charge in [0.1, 0.15) is 0 Å². The summed E-state index contributed by atoms with van der Waals surface area (Å²) < 4.78 is 5.84. The van der Waals surface area contributed by atoms with Gasteiger partial charge in [0.15, 0.2) is 0 Å². The number of aryl methyl sites for hydroxylation is 1. The molecule has 0 spiro atoms. The molecule has 3 nitrogen and oxygen atoms in total. The summed E-state index contributed by atoms with van der Waals surface area (Å²) in [7, 11) is 0. The van der Waals surface area contributed by atoms with Crippen molar-refractivity contribution in [2.24, 2.45) is 0 Å². The van der Waals surface area contributed by atoms with Gasteiger partial charge in [-0.1, -0.05) is 6.92 Å². The van der Waals surface area contributed by atoms with Crippen LogP contribution in [0, 0.1) is 0 Å². The molecule has 1 aliphatic rings. The molecule has 2 rings (SSSR count). The molecular weight excluding hydrogens is 220 g/mol. The Hall–Kier alpha value is -0.450. The second-order valence-electron chi connectivity index (χ2n) is 4.26. The Bertz CT molecular complexity index is 308. The van der Waals surface area contributed by atoms with E-state index in [-0.39, 0.29) is 0 Å². The zero-order valence-electron chi connectivity index (χ0n) is 9.87. The first-order valence-electron chi connectivity index (χ1n) is 6.14. The minimum absolute atomic E-state index is 0.380. The lowest BCUT2D eigenvalue weighted by atomic mass is 10.1. The normalized spacial score (nSPS) is 21.2. The molecule has 1 aliphatic heterocycles. The van der Waals surface area contributed by atoms with Crippen molar-refractivity contribution >= 4 is 11.3 Å². The molecule has 4 heteroatoms. The maximum absolute atomic E-state index is 5.84. The number of piperidine rings is 1. The van der Waals surface area contributed by atoms with Crippen LogP contribution < -0.4 is 5.32 Å². The molecule has 0 aliphatic carbocycles. The van der Waals surface area contributed by atoms with Gasteiger partial charge in [0.2, 0.25) is 0 Å². The molecule has 1 atom stereocenters. The average molecular weight is 240 g/mol. The van der Waals surface area contributed by atoms with Gasteiger partial charge in [0.05, 0.1) is 23.4 Å². The highest BCUT2D eigenvalue weighted by Gasteiger charge is 2.13. The molecule has 0 saturated carbocycles. The Morgan fingerprint density at radius 1 is 1.62 bits per heavy atom. The van der Waals surface area contributed by atoms with E-state index in [4.69, 9.17) is 4.74 Å². The third-order valence-corrected chi connectivity index (χ3v) is 3.74. The number of hydrogen-bond donors (Lipinski definition) is 1. The number of ether oxygens (including phenoxy) is 1. The van der Waals surface area contributed by atoms with Crippen LogP contribution in [0.25, 0.3) is 0 Å². The van der Waals surface area contributed by atoms with E-state index in [1.807, 2.05) is 0 Å². The van der Waals surface area contributed by atoms with Crippen LogP contribution in [-0.4, -0.2) is 24.2 Å². The van der Waals surface area contributed by atoms with Crippen molar-refractivity contribution in [3.8, 4) is 0 Å². The van der Waals surface area contributed by atoms with Gasteiger partial charge in [-0.3, -0.25) is 0 Å². The molecule has 16 heavy (non-hydrogen) atoms. The first-order chi connectivity index (χ1) is 7.88. The van der Waals surface area contributed by atoms with Crippen LogP contribution in [0.2, 0.25) is 0 Å². The smallest absolute Gasteiger partial charge is 0.0929 e. The van der Waals surface area contributed by atoms with E-state index in [9.17, 15) is 0 Å². The van der Waals surface area contributed by atoms with Crippen molar-refractivity contribution in [1.82, 2.24) is 10.3 Å². The maximum atomic E-state index is 5.84. The maximum Gasteiger partial charge on any atom is 0.0929 e. The van der Waals surface area contributed by atoms with Crippen LogP contribution in [-0.2, 0) is 17.8 Å². The summed E-state index contributed by atoms with van der Waals surface area (Å²) in [6, 6.07) is 0. The Morgan fingerprint density at radius 3 is 3.31 bits per heavy atom. The molecule has 1 aromatic heterocycles. The van der Waals surface area contributed by atoms with Crippen molar-refractivity contribution in [2.75, 3.05) is 13.1 Å². The molecule has 0 aromatic carbocycles. The fraction of sp³-hybridized carbons (Fsp3) is 0.750. The van der Waals surface area contributed by atoms with E-state index >= 15 is 0 Å². The third kappa shape index (κ3) is 3.54. The van der Waals surface area contributed by atoms with E-state index in [0.29, 0.717) is 12.7 Å². The Balaban J connectivity index is 1.75. The fourth-order valence-electron chi connectivity index (χ4n) is 1.91. The molecule has 0 radical (unpaired) electrons. The van der Waals surface area contributed by atoms with Gasteiger partial charge in [-0.15, -0.1) is 11.3 Å². The van der Waals surface area contributed by atoms with Crippen molar-refractivity contribution in [3.63, 3.8) is 0 Å². The van der Waals surface area contributed by atoms with Gasteiger partial charge in [0.25, 0.3) is 0 Å². The van der Waals surface area contributed by atoms with Crippen LogP contribution in [0.15, 0.2) is 5.38 Å². The third-order valence-electron chi connectivity index (χ3n) is 2.78. The first kappa shape index (κ1) is 12.0.